The number of rotatable bonds is 8. The molecule has 9 nitrogen and oxygen atoms in total. The summed E-state index contributed by atoms with van der Waals surface area (Å²) in [5.74, 6) is 2.33. The first-order chi connectivity index (χ1) is 14.5. The standard InChI is InChI=1S/C20H24N6O3S/c1-11-14(19(11)15-6-5-13(28-4)8-21-15)10-29-17-7-16(20(27)26(3)25-17)22-9-18-24-23-12(2)30-18/h5-8,11,14,19,22H,9-10H2,1-4H3. The molecule has 0 radical (unpaired) electrons. The zero-order valence-corrected chi connectivity index (χ0v) is 18.1. The van der Waals surface area contributed by atoms with Crippen LogP contribution in [-0.4, -0.2) is 38.7 Å². The van der Waals surface area contributed by atoms with E-state index in [1.54, 1.807) is 26.4 Å². The van der Waals surface area contributed by atoms with Crippen LogP contribution in [0.3, 0.4) is 0 Å². The Kier molecular flexibility index (Phi) is 5.67. The fraction of sp³-hybridized carbons (Fsp3) is 0.450. The molecule has 1 saturated carbocycles. The normalized spacial score (nSPS) is 20.1. The van der Waals surface area contributed by atoms with Crippen molar-refractivity contribution in [2.45, 2.75) is 26.3 Å². The number of ether oxygens (including phenoxy) is 2. The van der Waals surface area contributed by atoms with Crippen molar-refractivity contribution < 1.29 is 9.47 Å². The van der Waals surface area contributed by atoms with Gasteiger partial charge in [0.1, 0.15) is 21.5 Å². The first-order valence-corrected chi connectivity index (χ1v) is 10.5. The van der Waals surface area contributed by atoms with Crippen molar-refractivity contribution >= 4 is 17.0 Å². The molecule has 3 aromatic heterocycles. The molecule has 3 atom stereocenters. The fourth-order valence-corrected chi connectivity index (χ4v) is 4.19. The Morgan fingerprint density at radius 2 is 2.13 bits per heavy atom. The first-order valence-electron chi connectivity index (χ1n) is 9.70. The van der Waals surface area contributed by atoms with E-state index in [1.165, 1.54) is 16.0 Å². The predicted molar refractivity (Wildman–Crippen MR) is 113 cm³/mol. The van der Waals surface area contributed by atoms with Gasteiger partial charge in [-0.1, -0.05) is 18.3 Å². The topological polar surface area (TPSA) is 104 Å². The Morgan fingerprint density at radius 3 is 2.80 bits per heavy atom. The average molecular weight is 429 g/mol. The molecule has 30 heavy (non-hydrogen) atoms. The van der Waals surface area contributed by atoms with Gasteiger partial charge in [-0.3, -0.25) is 9.78 Å². The lowest BCUT2D eigenvalue weighted by Crippen LogP contribution is -2.24. The van der Waals surface area contributed by atoms with E-state index in [4.69, 9.17) is 9.47 Å². The Bertz CT molecular complexity index is 1080. The smallest absolute Gasteiger partial charge is 0.290 e. The zero-order chi connectivity index (χ0) is 21.3. The molecule has 0 aromatic carbocycles. The van der Waals surface area contributed by atoms with Gasteiger partial charge in [0.2, 0.25) is 5.88 Å². The molecule has 1 N–H and O–H groups in total. The summed E-state index contributed by atoms with van der Waals surface area (Å²) >= 11 is 1.49. The van der Waals surface area contributed by atoms with Crippen molar-refractivity contribution in [3.63, 3.8) is 0 Å². The minimum Gasteiger partial charge on any atom is -0.495 e. The molecule has 158 valence electrons. The number of nitrogens with one attached hydrogen (secondary N) is 1. The number of aromatic nitrogens is 5. The average Bonchev–Trinajstić information content (AvgIpc) is 3.19. The number of nitrogens with zero attached hydrogens (tertiary/aromatic N) is 5. The molecule has 0 saturated heterocycles. The van der Waals surface area contributed by atoms with Crippen LogP contribution in [0.5, 0.6) is 11.6 Å². The summed E-state index contributed by atoms with van der Waals surface area (Å²) in [6.45, 7) is 5.02. The number of aryl methyl sites for hydroxylation is 2. The van der Waals surface area contributed by atoms with E-state index in [0.717, 1.165) is 21.5 Å². The van der Waals surface area contributed by atoms with Crippen LogP contribution in [0, 0.1) is 18.8 Å². The van der Waals surface area contributed by atoms with Crippen molar-refractivity contribution in [1.29, 1.82) is 0 Å². The molecule has 1 aliphatic rings. The Hall–Kier alpha value is -3.01. The highest BCUT2D eigenvalue weighted by Crippen LogP contribution is 2.53. The van der Waals surface area contributed by atoms with Crippen LogP contribution in [-0.2, 0) is 13.6 Å². The molecule has 0 bridgehead atoms. The maximum absolute atomic E-state index is 12.4. The van der Waals surface area contributed by atoms with Gasteiger partial charge in [0.15, 0.2) is 0 Å². The molecular formula is C20H24N6O3S. The molecule has 10 heteroatoms. The van der Waals surface area contributed by atoms with Crippen LogP contribution in [0.1, 0.15) is 28.6 Å². The molecule has 4 rings (SSSR count). The maximum atomic E-state index is 12.4. The van der Waals surface area contributed by atoms with Crippen molar-refractivity contribution in [2.75, 3.05) is 19.0 Å². The van der Waals surface area contributed by atoms with Crippen LogP contribution >= 0.6 is 11.3 Å². The highest BCUT2D eigenvalue weighted by Gasteiger charge is 2.49. The zero-order valence-electron chi connectivity index (χ0n) is 17.3. The molecule has 3 aromatic rings. The van der Waals surface area contributed by atoms with Gasteiger partial charge in [-0.2, -0.15) is 0 Å². The largest absolute Gasteiger partial charge is 0.495 e. The number of methoxy groups -OCH3 is 1. The van der Waals surface area contributed by atoms with Crippen LogP contribution in [0.2, 0.25) is 0 Å². The molecule has 0 amide bonds. The van der Waals surface area contributed by atoms with Crippen LogP contribution in [0.25, 0.3) is 0 Å². The highest BCUT2D eigenvalue weighted by atomic mass is 32.1. The molecule has 3 heterocycles. The minimum atomic E-state index is -0.219. The van der Waals surface area contributed by atoms with Crippen molar-refractivity contribution in [1.82, 2.24) is 25.0 Å². The number of hydrogen-bond donors (Lipinski definition) is 1. The third-order valence-corrected chi connectivity index (χ3v) is 6.20. The third kappa shape index (κ3) is 4.28. The van der Waals surface area contributed by atoms with E-state index >= 15 is 0 Å². The summed E-state index contributed by atoms with van der Waals surface area (Å²) in [6.07, 6.45) is 1.74. The van der Waals surface area contributed by atoms with Gasteiger partial charge in [-0.05, 0) is 25.0 Å². The molecule has 1 aliphatic carbocycles. The molecule has 3 unspecified atom stereocenters. The van der Waals surface area contributed by atoms with Crippen LogP contribution in [0.15, 0.2) is 29.2 Å². The van der Waals surface area contributed by atoms with Crippen LogP contribution < -0.4 is 20.3 Å². The second kappa shape index (κ2) is 8.39. The van der Waals surface area contributed by atoms with Gasteiger partial charge in [0.05, 0.1) is 26.5 Å². The van der Waals surface area contributed by atoms with E-state index in [0.29, 0.717) is 42.5 Å². The Morgan fingerprint density at radius 1 is 1.30 bits per heavy atom. The lowest BCUT2D eigenvalue weighted by Gasteiger charge is -2.10. The first kappa shape index (κ1) is 20.3. The summed E-state index contributed by atoms with van der Waals surface area (Å²) in [7, 11) is 3.24. The molecule has 0 aliphatic heterocycles. The predicted octanol–water partition coefficient (Wildman–Crippen LogP) is 2.38. The van der Waals surface area contributed by atoms with Crippen molar-refractivity contribution in [2.24, 2.45) is 18.9 Å². The van der Waals surface area contributed by atoms with E-state index in [9.17, 15) is 4.79 Å². The van der Waals surface area contributed by atoms with Gasteiger partial charge in [-0.25, -0.2) is 4.68 Å². The quantitative estimate of drug-likeness (QED) is 0.583. The SMILES string of the molecule is COc1ccc(C2C(C)C2COc2cc(NCc3nnc(C)s3)c(=O)n(C)n2)nc1. The minimum absolute atomic E-state index is 0.219. The number of pyridine rings is 1. The Balaban J connectivity index is 1.39. The van der Waals surface area contributed by atoms with Gasteiger partial charge < -0.3 is 14.8 Å². The number of anilines is 1. The second-order valence-electron chi connectivity index (χ2n) is 7.38. The third-order valence-electron chi connectivity index (χ3n) is 5.36. The summed E-state index contributed by atoms with van der Waals surface area (Å²) in [6, 6.07) is 5.57. The number of hydrogen-bond acceptors (Lipinski definition) is 9. The summed E-state index contributed by atoms with van der Waals surface area (Å²) in [4.78, 5) is 16.9. The van der Waals surface area contributed by atoms with E-state index in [2.05, 4.69) is 32.5 Å². The summed E-state index contributed by atoms with van der Waals surface area (Å²) < 4.78 is 12.4. The summed E-state index contributed by atoms with van der Waals surface area (Å²) in [5, 5.41) is 17.1. The van der Waals surface area contributed by atoms with Gasteiger partial charge >= 0.3 is 0 Å². The van der Waals surface area contributed by atoms with E-state index in [1.807, 2.05) is 19.1 Å². The highest BCUT2D eigenvalue weighted by molar-refractivity contribution is 7.11. The monoisotopic (exact) mass is 428 g/mol. The maximum Gasteiger partial charge on any atom is 0.290 e. The molecule has 0 spiro atoms. The lowest BCUT2D eigenvalue weighted by atomic mass is 10.2. The van der Waals surface area contributed by atoms with Crippen molar-refractivity contribution in [3.8, 4) is 11.6 Å². The van der Waals surface area contributed by atoms with Crippen LogP contribution in [0.4, 0.5) is 5.69 Å². The van der Waals surface area contributed by atoms with Gasteiger partial charge in [0, 0.05) is 30.6 Å². The molecular weight excluding hydrogens is 404 g/mol. The summed E-state index contributed by atoms with van der Waals surface area (Å²) in [5.41, 5.74) is 1.25. The van der Waals surface area contributed by atoms with Gasteiger partial charge in [0.25, 0.3) is 5.56 Å². The van der Waals surface area contributed by atoms with E-state index < -0.39 is 0 Å². The van der Waals surface area contributed by atoms with Crippen molar-refractivity contribution in [3.05, 3.63) is 50.5 Å². The van der Waals surface area contributed by atoms with Gasteiger partial charge in [-0.15, -0.1) is 15.3 Å². The molecule has 1 fully saturated rings. The lowest BCUT2D eigenvalue weighted by molar-refractivity contribution is 0.273. The fourth-order valence-electron chi connectivity index (χ4n) is 3.54. The second-order valence-corrected chi connectivity index (χ2v) is 8.64. The van der Waals surface area contributed by atoms with E-state index in [-0.39, 0.29) is 5.56 Å². The Labute approximate surface area is 178 Å².